The summed E-state index contributed by atoms with van der Waals surface area (Å²) < 4.78 is 0.820. The van der Waals surface area contributed by atoms with E-state index >= 15 is 0 Å². The van der Waals surface area contributed by atoms with Crippen LogP contribution in [0.5, 0.6) is 0 Å². The molecule has 14 heavy (non-hydrogen) atoms. The van der Waals surface area contributed by atoms with Crippen molar-refractivity contribution in [1.29, 1.82) is 0 Å². The minimum absolute atomic E-state index is 0.0180. The van der Waals surface area contributed by atoms with Gasteiger partial charge in [-0.2, -0.15) is 4.73 Å². The van der Waals surface area contributed by atoms with Gasteiger partial charge in [-0.25, -0.2) is 0 Å². The summed E-state index contributed by atoms with van der Waals surface area (Å²) in [5.74, 6) is 0.0794. The van der Waals surface area contributed by atoms with Crippen molar-refractivity contribution in [2.75, 3.05) is 0 Å². The van der Waals surface area contributed by atoms with Crippen LogP contribution in [-0.2, 0) is 11.2 Å². The monoisotopic (exact) mass is 193 g/mol. The first kappa shape index (κ1) is 10.7. The number of hydrogen-bond donors (Lipinski definition) is 0. The molecular formula is C11H15NO2. The van der Waals surface area contributed by atoms with E-state index in [1.807, 2.05) is 13.8 Å². The van der Waals surface area contributed by atoms with Crippen molar-refractivity contribution < 1.29 is 9.52 Å². The van der Waals surface area contributed by atoms with E-state index < -0.39 is 0 Å². The highest BCUT2D eigenvalue weighted by Crippen LogP contribution is 2.02. The van der Waals surface area contributed by atoms with Gasteiger partial charge < -0.3 is 5.21 Å². The van der Waals surface area contributed by atoms with Crippen molar-refractivity contribution in [1.82, 2.24) is 0 Å². The zero-order valence-electron chi connectivity index (χ0n) is 8.78. The predicted octanol–water partition coefficient (Wildman–Crippen LogP) is 1.40. The number of rotatable bonds is 3. The Balaban J connectivity index is 2.87. The lowest BCUT2D eigenvalue weighted by atomic mass is 10.0. The van der Waals surface area contributed by atoms with Crippen molar-refractivity contribution in [2.24, 2.45) is 5.92 Å². The highest BCUT2D eigenvalue weighted by atomic mass is 16.5. The summed E-state index contributed by atoms with van der Waals surface area (Å²) in [6, 6.07) is 5.23. The van der Waals surface area contributed by atoms with Crippen LogP contribution < -0.4 is 4.73 Å². The normalized spacial score (nSPS) is 10.6. The fourth-order valence-corrected chi connectivity index (χ4v) is 1.17. The summed E-state index contributed by atoms with van der Waals surface area (Å²) in [6.07, 6.45) is 0.225. The number of carbonyl (C=O) groups excluding carboxylic acids is 1. The number of pyridine rings is 1. The van der Waals surface area contributed by atoms with Crippen molar-refractivity contribution >= 4 is 5.78 Å². The zero-order chi connectivity index (χ0) is 10.7. The highest BCUT2D eigenvalue weighted by molar-refractivity contribution is 5.81. The molecule has 0 fully saturated rings. The number of hydrogen-bond acceptors (Lipinski definition) is 2. The van der Waals surface area contributed by atoms with Crippen LogP contribution in [0.3, 0.4) is 0 Å². The Labute approximate surface area is 84.0 Å². The minimum atomic E-state index is -0.0180. The molecule has 0 radical (unpaired) electrons. The van der Waals surface area contributed by atoms with Gasteiger partial charge in [0.05, 0.1) is 6.42 Å². The van der Waals surface area contributed by atoms with E-state index in [2.05, 4.69) is 0 Å². The molecule has 0 amide bonds. The molecule has 1 heterocycles. The van der Waals surface area contributed by atoms with Crippen LogP contribution in [0, 0.1) is 18.0 Å². The fourth-order valence-electron chi connectivity index (χ4n) is 1.17. The number of Topliss-reactive ketones (excluding diaryl/α,β-unsaturated/α-hetero) is 1. The van der Waals surface area contributed by atoms with E-state index in [1.54, 1.807) is 25.1 Å². The third-order valence-electron chi connectivity index (χ3n) is 2.21. The first-order valence-electron chi connectivity index (χ1n) is 4.73. The molecule has 0 aromatic carbocycles. The van der Waals surface area contributed by atoms with Gasteiger partial charge in [-0.1, -0.05) is 13.8 Å². The maximum absolute atomic E-state index is 11.5. The molecule has 3 heteroatoms. The number of carbonyl (C=O) groups is 1. The highest BCUT2D eigenvalue weighted by Gasteiger charge is 2.14. The third-order valence-corrected chi connectivity index (χ3v) is 2.21. The van der Waals surface area contributed by atoms with Gasteiger partial charge >= 0.3 is 0 Å². The van der Waals surface area contributed by atoms with Gasteiger partial charge in [-0.3, -0.25) is 4.79 Å². The minimum Gasteiger partial charge on any atom is -0.618 e. The van der Waals surface area contributed by atoms with Gasteiger partial charge in [0.1, 0.15) is 5.78 Å². The lowest BCUT2D eigenvalue weighted by molar-refractivity contribution is -0.620. The molecule has 0 saturated heterocycles. The first-order chi connectivity index (χ1) is 6.52. The average molecular weight is 193 g/mol. The predicted molar refractivity (Wildman–Crippen MR) is 53.7 cm³/mol. The summed E-state index contributed by atoms with van der Waals surface area (Å²) in [5, 5.41) is 11.5. The van der Waals surface area contributed by atoms with Crippen molar-refractivity contribution in [3.63, 3.8) is 0 Å². The fraction of sp³-hybridized carbons (Fsp3) is 0.455. The average Bonchev–Trinajstić information content (AvgIpc) is 2.12. The molecule has 0 aliphatic heterocycles. The van der Waals surface area contributed by atoms with Crippen LogP contribution in [0.1, 0.15) is 25.2 Å². The third kappa shape index (κ3) is 2.31. The molecule has 1 rings (SSSR count). The maximum Gasteiger partial charge on any atom is 0.200 e. The molecule has 1 aromatic rings. The van der Waals surface area contributed by atoms with Gasteiger partial charge in [0.25, 0.3) is 0 Å². The van der Waals surface area contributed by atoms with Crippen molar-refractivity contribution in [3.05, 3.63) is 34.8 Å². The first-order valence-corrected chi connectivity index (χ1v) is 4.73. The van der Waals surface area contributed by atoms with Crippen LogP contribution in [-0.4, -0.2) is 5.78 Å². The van der Waals surface area contributed by atoms with Crippen molar-refractivity contribution in [3.8, 4) is 0 Å². The molecule has 0 saturated carbocycles. The molecule has 0 aliphatic carbocycles. The van der Waals surface area contributed by atoms with Gasteiger partial charge in [-0.05, 0) is 6.07 Å². The molecule has 0 bridgehead atoms. The van der Waals surface area contributed by atoms with Crippen molar-refractivity contribution in [2.45, 2.75) is 27.2 Å². The van der Waals surface area contributed by atoms with Crippen LogP contribution in [0.4, 0.5) is 0 Å². The van der Waals surface area contributed by atoms with Crippen LogP contribution in [0.15, 0.2) is 18.2 Å². The Bertz CT molecular complexity index is 345. The number of ketones is 1. The zero-order valence-corrected chi connectivity index (χ0v) is 8.78. The largest absolute Gasteiger partial charge is 0.618 e. The van der Waals surface area contributed by atoms with Gasteiger partial charge in [0.2, 0.25) is 0 Å². The lowest BCUT2D eigenvalue weighted by Gasteiger charge is -2.07. The molecular weight excluding hydrogens is 178 g/mol. The second-order valence-electron chi connectivity index (χ2n) is 3.75. The Morgan fingerprint density at radius 3 is 2.71 bits per heavy atom. The number of aryl methyl sites for hydroxylation is 1. The molecule has 0 spiro atoms. The van der Waals surface area contributed by atoms with E-state index in [0.29, 0.717) is 11.4 Å². The lowest BCUT2D eigenvalue weighted by Crippen LogP contribution is -2.36. The molecule has 0 unspecified atom stereocenters. The van der Waals surface area contributed by atoms with Gasteiger partial charge in [0.15, 0.2) is 11.4 Å². The van der Waals surface area contributed by atoms with Crippen LogP contribution >= 0.6 is 0 Å². The van der Waals surface area contributed by atoms with Crippen LogP contribution in [0.2, 0.25) is 0 Å². The van der Waals surface area contributed by atoms with E-state index in [4.69, 9.17) is 0 Å². The number of aromatic nitrogens is 1. The Morgan fingerprint density at radius 2 is 2.14 bits per heavy atom. The van der Waals surface area contributed by atoms with Gasteiger partial charge in [-0.15, -0.1) is 0 Å². The van der Waals surface area contributed by atoms with E-state index in [0.717, 1.165) is 4.73 Å². The van der Waals surface area contributed by atoms with E-state index in [-0.39, 0.29) is 18.1 Å². The number of nitrogens with zero attached hydrogens (tertiary/aromatic N) is 1. The Kier molecular flexibility index (Phi) is 3.23. The molecule has 0 atom stereocenters. The topological polar surface area (TPSA) is 44.0 Å². The van der Waals surface area contributed by atoms with E-state index in [9.17, 15) is 10.0 Å². The Hall–Kier alpha value is -1.38. The van der Waals surface area contributed by atoms with E-state index in [1.165, 1.54) is 0 Å². The summed E-state index contributed by atoms with van der Waals surface area (Å²) >= 11 is 0. The maximum atomic E-state index is 11.5. The summed E-state index contributed by atoms with van der Waals surface area (Å²) in [6.45, 7) is 5.41. The molecule has 3 nitrogen and oxygen atoms in total. The van der Waals surface area contributed by atoms with Crippen LogP contribution in [0.25, 0.3) is 0 Å². The van der Waals surface area contributed by atoms with Gasteiger partial charge in [0, 0.05) is 25.0 Å². The SMILES string of the molecule is Cc1cccc(CC(=O)C(C)C)[n+]1[O-]. The molecule has 1 aromatic heterocycles. The summed E-state index contributed by atoms with van der Waals surface area (Å²) in [5.41, 5.74) is 1.16. The smallest absolute Gasteiger partial charge is 0.200 e. The quantitative estimate of drug-likeness (QED) is 0.538. The Morgan fingerprint density at radius 1 is 1.50 bits per heavy atom. The molecule has 0 aliphatic rings. The summed E-state index contributed by atoms with van der Waals surface area (Å²) in [4.78, 5) is 11.4. The second kappa shape index (κ2) is 4.22. The molecule has 0 N–H and O–H groups in total. The molecule has 76 valence electrons. The summed E-state index contributed by atoms with van der Waals surface area (Å²) in [7, 11) is 0. The standard InChI is InChI=1S/C11H15NO2/c1-8(2)11(13)7-10-6-4-5-9(3)12(10)14/h4-6,8H,7H2,1-3H3. The second-order valence-corrected chi connectivity index (χ2v) is 3.75.